The van der Waals surface area contributed by atoms with E-state index in [9.17, 15) is 0 Å². The van der Waals surface area contributed by atoms with Crippen molar-refractivity contribution < 1.29 is 0 Å². The molecule has 0 radical (unpaired) electrons. The Morgan fingerprint density at radius 2 is 2.00 bits per heavy atom. The average Bonchev–Trinajstić information content (AvgIpc) is 2.98. The number of halogens is 1. The van der Waals surface area contributed by atoms with Crippen molar-refractivity contribution in [2.45, 2.75) is 51.6 Å². The van der Waals surface area contributed by atoms with Crippen LogP contribution in [-0.4, -0.2) is 30.1 Å². The van der Waals surface area contributed by atoms with Gasteiger partial charge in [-0.1, -0.05) is 37.6 Å². The second-order valence-electron chi connectivity index (χ2n) is 5.95. The summed E-state index contributed by atoms with van der Waals surface area (Å²) in [5, 5.41) is 4.52. The van der Waals surface area contributed by atoms with Crippen LogP contribution in [0.1, 0.15) is 51.6 Å². The van der Waals surface area contributed by atoms with Gasteiger partial charge in [-0.15, -0.1) is 0 Å². The van der Waals surface area contributed by atoms with Gasteiger partial charge in [0.1, 0.15) is 0 Å². The van der Waals surface area contributed by atoms with Crippen LogP contribution < -0.4 is 5.32 Å². The minimum Gasteiger partial charge on any atom is -0.309 e. The molecule has 20 heavy (non-hydrogen) atoms. The van der Waals surface area contributed by atoms with Crippen molar-refractivity contribution >= 4 is 11.6 Å². The number of nitrogens with one attached hydrogen (secondary N) is 1. The zero-order chi connectivity index (χ0) is 14.6. The molecular formula is C17H27ClN2. The van der Waals surface area contributed by atoms with Gasteiger partial charge in [0, 0.05) is 10.6 Å². The molecule has 0 saturated carbocycles. The second-order valence-corrected chi connectivity index (χ2v) is 6.39. The first-order valence-electron chi connectivity index (χ1n) is 7.85. The molecule has 1 saturated heterocycles. The highest BCUT2D eigenvalue weighted by atomic mass is 35.5. The van der Waals surface area contributed by atoms with Gasteiger partial charge in [-0.25, -0.2) is 0 Å². The third kappa shape index (κ3) is 3.19. The summed E-state index contributed by atoms with van der Waals surface area (Å²) in [6, 6.07) is 8.64. The molecule has 0 aromatic heterocycles. The first-order chi connectivity index (χ1) is 9.61. The molecule has 0 spiro atoms. The number of hydrogen-bond acceptors (Lipinski definition) is 2. The van der Waals surface area contributed by atoms with Crippen LogP contribution in [0.3, 0.4) is 0 Å². The quantitative estimate of drug-likeness (QED) is 0.843. The van der Waals surface area contributed by atoms with Gasteiger partial charge in [0.15, 0.2) is 0 Å². The fourth-order valence-corrected chi connectivity index (χ4v) is 3.62. The summed E-state index contributed by atoms with van der Waals surface area (Å²) >= 11 is 6.20. The van der Waals surface area contributed by atoms with Crippen LogP contribution in [0.4, 0.5) is 0 Å². The van der Waals surface area contributed by atoms with Crippen LogP contribution in [0.2, 0.25) is 5.02 Å². The maximum Gasteiger partial charge on any atom is 0.0504 e. The van der Waals surface area contributed by atoms with Crippen molar-refractivity contribution in [2.75, 3.05) is 19.6 Å². The van der Waals surface area contributed by atoms with Gasteiger partial charge in [-0.05, 0) is 63.5 Å². The van der Waals surface area contributed by atoms with Gasteiger partial charge in [0.25, 0.3) is 0 Å². The Balaban J connectivity index is 2.34. The summed E-state index contributed by atoms with van der Waals surface area (Å²) in [5.74, 6) is 0. The maximum absolute atomic E-state index is 6.20. The van der Waals surface area contributed by atoms with Gasteiger partial charge in [0.2, 0.25) is 0 Å². The third-order valence-electron chi connectivity index (χ3n) is 4.76. The normalized spacial score (nSPS) is 20.8. The molecule has 1 aliphatic rings. The monoisotopic (exact) mass is 294 g/mol. The predicted octanol–water partition coefficient (Wildman–Crippen LogP) is 4.26. The Labute approximate surface area is 128 Å². The number of likely N-dealkylation sites (N-methyl/N-ethyl adjacent to an activating group) is 1. The van der Waals surface area contributed by atoms with E-state index in [2.05, 4.69) is 49.2 Å². The summed E-state index contributed by atoms with van der Waals surface area (Å²) in [6.45, 7) is 10.3. The van der Waals surface area contributed by atoms with E-state index in [1.54, 1.807) is 0 Å². The number of nitrogens with zero attached hydrogens (tertiary/aromatic N) is 1. The molecule has 3 heteroatoms. The first-order valence-corrected chi connectivity index (χ1v) is 8.23. The highest BCUT2D eigenvalue weighted by molar-refractivity contribution is 6.30. The van der Waals surface area contributed by atoms with E-state index >= 15 is 0 Å². The van der Waals surface area contributed by atoms with Gasteiger partial charge < -0.3 is 5.32 Å². The van der Waals surface area contributed by atoms with Crippen LogP contribution in [0.25, 0.3) is 0 Å². The highest BCUT2D eigenvalue weighted by Crippen LogP contribution is 2.37. The molecule has 1 aromatic rings. The van der Waals surface area contributed by atoms with E-state index in [0.717, 1.165) is 18.0 Å². The topological polar surface area (TPSA) is 15.3 Å². The number of benzene rings is 1. The summed E-state index contributed by atoms with van der Waals surface area (Å²) < 4.78 is 0. The van der Waals surface area contributed by atoms with Crippen molar-refractivity contribution in [1.82, 2.24) is 10.2 Å². The smallest absolute Gasteiger partial charge is 0.0504 e. The molecule has 0 amide bonds. The van der Waals surface area contributed by atoms with Crippen molar-refractivity contribution in [1.29, 1.82) is 0 Å². The minimum absolute atomic E-state index is 0.150. The predicted molar refractivity (Wildman–Crippen MR) is 87.4 cm³/mol. The Morgan fingerprint density at radius 1 is 1.30 bits per heavy atom. The molecule has 2 rings (SSSR count). The largest absolute Gasteiger partial charge is 0.309 e. The van der Waals surface area contributed by atoms with Crippen molar-refractivity contribution in [3.63, 3.8) is 0 Å². The molecule has 2 unspecified atom stereocenters. The molecule has 1 aromatic carbocycles. The van der Waals surface area contributed by atoms with E-state index in [-0.39, 0.29) is 5.54 Å². The van der Waals surface area contributed by atoms with Crippen LogP contribution in [0, 0.1) is 0 Å². The Bertz CT molecular complexity index is 429. The van der Waals surface area contributed by atoms with Gasteiger partial charge >= 0.3 is 0 Å². The van der Waals surface area contributed by atoms with Crippen molar-refractivity contribution in [3.8, 4) is 0 Å². The van der Waals surface area contributed by atoms with Crippen LogP contribution in [0.15, 0.2) is 24.3 Å². The highest BCUT2D eigenvalue weighted by Gasteiger charge is 2.39. The molecular weight excluding hydrogens is 268 g/mol. The third-order valence-corrected chi connectivity index (χ3v) is 4.99. The number of likely N-dealkylation sites (tertiary alicyclic amines) is 1. The zero-order valence-electron chi connectivity index (χ0n) is 13.0. The molecule has 1 heterocycles. The van der Waals surface area contributed by atoms with E-state index in [0.29, 0.717) is 6.04 Å². The summed E-state index contributed by atoms with van der Waals surface area (Å²) in [5.41, 5.74) is 1.45. The summed E-state index contributed by atoms with van der Waals surface area (Å²) in [6.07, 6.45) is 3.78. The minimum atomic E-state index is 0.150. The van der Waals surface area contributed by atoms with Crippen LogP contribution in [-0.2, 0) is 0 Å². The summed E-state index contributed by atoms with van der Waals surface area (Å²) in [4.78, 5) is 2.65. The molecule has 0 aliphatic carbocycles. The van der Waals surface area contributed by atoms with E-state index in [4.69, 9.17) is 11.6 Å². The maximum atomic E-state index is 6.20. The van der Waals surface area contributed by atoms with Crippen molar-refractivity contribution in [2.24, 2.45) is 0 Å². The van der Waals surface area contributed by atoms with E-state index < -0.39 is 0 Å². The molecule has 1 fully saturated rings. The number of hydrogen-bond donors (Lipinski definition) is 1. The molecule has 112 valence electrons. The lowest BCUT2D eigenvalue weighted by Crippen LogP contribution is -2.53. The van der Waals surface area contributed by atoms with Gasteiger partial charge in [0.05, 0.1) is 6.04 Å². The fraction of sp³-hybridized carbons (Fsp3) is 0.647. The molecule has 2 atom stereocenters. The molecule has 1 N–H and O–H groups in total. The molecule has 0 bridgehead atoms. The van der Waals surface area contributed by atoms with Crippen LogP contribution in [0.5, 0.6) is 0 Å². The van der Waals surface area contributed by atoms with E-state index in [1.165, 1.54) is 31.5 Å². The summed E-state index contributed by atoms with van der Waals surface area (Å²) in [7, 11) is 0. The Hall–Kier alpha value is -0.570. The van der Waals surface area contributed by atoms with Gasteiger partial charge in [-0.2, -0.15) is 0 Å². The second kappa shape index (κ2) is 6.93. The zero-order valence-corrected chi connectivity index (χ0v) is 13.7. The lowest BCUT2D eigenvalue weighted by atomic mass is 9.83. The fourth-order valence-electron chi connectivity index (χ4n) is 3.43. The molecule has 2 nitrogen and oxygen atoms in total. The van der Waals surface area contributed by atoms with Crippen LogP contribution >= 0.6 is 11.6 Å². The SMILES string of the molecule is CCNC(c1cccc(Cl)c1)C(C)(CC)N1CCCC1. The molecule has 1 aliphatic heterocycles. The number of rotatable bonds is 6. The lowest BCUT2D eigenvalue weighted by molar-refractivity contribution is 0.0846. The Morgan fingerprint density at radius 3 is 2.55 bits per heavy atom. The average molecular weight is 295 g/mol. The van der Waals surface area contributed by atoms with Crippen molar-refractivity contribution in [3.05, 3.63) is 34.9 Å². The lowest BCUT2D eigenvalue weighted by Gasteiger charge is -2.45. The van der Waals surface area contributed by atoms with E-state index in [1.807, 2.05) is 6.07 Å². The standard InChI is InChI=1S/C17H27ClN2/c1-4-17(3,20-11-6-7-12-20)16(19-5-2)14-9-8-10-15(18)13-14/h8-10,13,16,19H,4-7,11-12H2,1-3H3. The van der Waals surface area contributed by atoms with Gasteiger partial charge in [-0.3, -0.25) is 4.90 Å². The first kappa shape index (κ1) is 15.8. The Kier molecular flexibility index (Phi) is 5.48.